The molecule has 2 N–H and O–H groups in total. The van der Waals surface area contributed by atoms with Gasteiger partial charge in [0.1, 0.15) is 11.6 Å². The molecule has 2 aromatic rings. The highest BCUT2D eigenvalue weighted by atomic mass is 79.9. The SMILES string of the molecule is O=C1NC(=Nc2ccc(F)cc2)S/C1=C\c1cc(Br)cc(Cl)c1O. The predicted molar refractivity (Wildman–Crippen MR) is 98.0 cm³/mol. The summed E-state index contributed by atoms with van der Waals surface area (Å²) < 4.78 is 13.6. The van der Waals surface area contributed by atoms with E-state index in [4.69, 9.17) is 11.6 Å². The number of carbonyl (C=O) groups excluding carboxylic acids is 1. The number of aromatic hydroxyl groups is 1. The third-order valence-electron chi connectivity index (χ3n) is 3.05. The van der Waals surface area contributed by atoms with Gasteiger partial charge in [-0.25, -0.2) is 9.38 Å². The molecule has 0 atom stereocenters. The molecule has 0 spiro atoms. The molecule has 8 heteroatoms. The molecule has 4 nitrogen and oxygen atoms in total. The van der Waals surface area contributed by atoms with Crippen LogP contribution in [-0.4, -0.2) is 16.2 Å². The number of phenolic OH excluding ortho intramolecular Hbond substituents is 1. The van der Waals surface area contributed by atoms with Gasteiger partial charge in [-0.2, -0.15) is 0 Å². The van der Waals surface area contributed by atoms with Crippen molar-refractivity contribution in [3.63, 3.8) is 0 Å². The van der Waals surface area contributed by atoms with E-state index in [9.17, 15) is 14.3 Å². The lowest BCUT2D eigenvalue weighted by molar-refractivity contribution is -0.115. The number of hydrogen-bond donors (Lipinski definition) is 2. The van der Waals surface area contributed by atoms with Crippen LogP contribution < -0.4 is 5.32 Å². The number of nitrogens with one attached hydrogen (secondary N) is 1. The van der Waals surface area contributed by atoms with Crippen molar-refractivity contribution in [3.05, 3.63) is 62.2 Å². The smallest absolute Gasteiger partial charge is 0.264 e. The second kappa shape index (κ2) is 6.96. The van der Waals surface area contributed by atoms with Crippen LogP contribution in [0.5, 0.6) is 5.75 Å². The third-order valence-corrected chi connectivity index (χ3v) is 4.71. The lowest BCUT2D eigenvalue weighted by Crippen LogP contribution is -2.19. The monoisotopic (exact) mass is 426 g/mol. The minimum Gasteiger partial charge on any atom is -0.506 e. The largest absolute Gasteiger partial charge is 0.506 e. The van der Waals surface area contributed by atoms with Gasteiger partial charge in [-0.05, 0) is 54.2 Å². The Hall–Kier alpha value is -1.83. The molecule has 1 aliphatic rings. The summed E-state index contributed by atoms with van der Waals surface area (Å²) in [7, 11) is 0. The number of rotatable bonds is 2. The maximum absolute atomic E-state index is 12.9. The molecule has 0 bridgehead atoms. The van der Waals surface area contributed by atoms with E-state index in [1.165, 1.54) is 30.3 Å². The van der Waals surface area contributed by atoms with Gasteiger partial charge in [0.05, 0.1) is 15.6 Å². The first kappa shape index (κ1) is 17.0. The van der Waals surface area contributed by atoms with Crippen molar-refractivity contribution in [2.24, 2.45) is 4.99 Å². The minimum atomic E-state index is -0.357. The van der Waals surface area contributed by atoms with Crippen LogP contribution in [-0.2, 0) is 4.79 Å². The van der Waals surface area contributed by atoms with Gasteiger partial charge < -0.3 is 10.4 Å². The molecule has 2 aromatic carbocycles. The Labute approximate surface area is 154 Å². The van der Waals surface area contributed by atoms with Crippen LogP contribution in [0.3, 0.4) is 0 Å². The number of aliphatic imine (C=N–C) groups is 1. The van der Waals surface area contributed by atoms with Gasteiger partial charge in [0.2, 0.25) is 0 Å². The van der Waals surface area contributed by atoms with Crippen LogP contribution in [0.15, 0.2) is 50.8 Å². The molecular weight excluding hydrogens is 419 g/mol. The quantitative estimate of drug-likeness (QED) is 0.674. The zero-order chi connectivity index (χ0) is 17.3. The number of hydrogen-bond acceptors (Lipinski definition) is 4. The van der Waals surface area contributed by atoms with Gasteiger partial charge in [-0.3, -0.25) is 4.79 Å². The van der Waals surface area contributed by atoms with Gasteiger partial charge in [-0.1, -0.05) is 27.5 Å². The minimum absolute atomic E-state index is 0.107. The summed E-state index contributed by atoms with van der Waals surface area (Å²) in [5.74, 6) is -0.800. The van der Waals surface area contributed by atoms with Crippen molar-refractivity contribution in [1.82, 2.24) is 5.32 Å². The predicted octanol–water partition coefficient (Wildman–Crippen LogP) is 4.84. The van der Waals surface area contributed by atoms with Gasteiger partial charge in [0, 0.05) is 10.0 Å². The Morgan fingerprint density at radius 3 is 2.71 bits per heavy atom. The molecule has 1 heterocycles. The molecule has 1 fully saturated rings. The van der Waals surface area contributed by atoms with E-state index in [1.807, 2.05) is 0 Å². The van der Waals surface area contributed by atoms with E-state index in [-0.39, 0.29) is 22.5 Å². The molecular formula is C16H9BrClFN2O2S. The molecule has 122 valence electrons. The number of phenols is 1. The number of halogens is 3. The van der Waals surface area contributed by atoms with Gasteiger partial charge in [-0.15, -0.1) is 0 Å². The van der Waals surface area contributed by atoms with Crippen LogP contribution in [0.4, 0.5) is 10.1 Å². The second-order valence-electron chi connectivity index (χ2n) is 4.78. The number of thioether (sulfide) groups is 1. The maximum atomic E-state index is 12.9. The van der Waals surface area contributed by atoms with Crippen LogP contribution in [0.1, 0.15) is 5.56 Å². The fourth-order valence-electron chi connectivity index (χ4n) is 1.95. The molecule has 0 aromatic heterocycles. The molecule has 0 unspecified atom stereocenters. The number of amidine groups is 1. The van der Waals surface area contributed by atoms with E-state index in [0.29, 0.717) is 25.8 Å². The van der Waals surface area contributed by atoms with Crippen LogP contribution in [0.2, 0.25) is 5.02 Å². The highest BCUT2D eigenvalue weighted by Gasteiger charge is 2.24. The number of carbonyl (C=O) groups is 1. The Morgan fingerprint density at radius 2 is 2.00 bits per heavy atom. The zero-order valence-electron chi connectivity index (χ0n) is 11.9. The van der Waals surface area contributed by atoms with Crippen molar-refractivity contribution in [1.29, 1.82) is 0 Å². The van der Waals surface area contributed by atoms with E-state index in [1.54, 1.807) is 12.1 Å². The average molecular weight is 428 g/mol. The van der Waals surface area contributed by atoms with Crippen LogP contribution in [0.25, 0.3) is 6.08 Å². The topological polar surface area (TPSA) is 61.7 Å². The summed E-state index contributed by atoms with van der Waals surface area (Å²) in [6.45, 7) is 0. The van der Waals surface area contributed by atoms with E-state index < -0.39 is 0 Å². The summed E-state index contributed by atoms with van der Waals surface area (Å²) in [6, 6.07) is 8.81. The normalized spacial score (nSPS) is 17.5. The molecule has 1 amide bonds. The first-order valence-electron chi connectivity index (χ1n) is 6.65. The van der Waals surface area contributed by atoms with Gasteiger partial charge in [0.15, 0.2) is 5.17 Å². The van der Waals surface area contributed by atoms with Crippen molar-refractivity contribution in [2.45, 2.75) is 0 Å². The molecule has 24 heavy (non-hydrogen) atoms. The summed E-state index contributed by atoms with van der Waals surface area (Å²) in [5.41, 5.74) is 0.934. The first-order chi connectivity index (χ1) is 11.4. The summed E-state index contributed by atoms with van der Waals surface area (Å²) in [5, 5.41) is 13.2. The second-order valence-corrected chi connectivity index (χ2v) is 7.14. The molecule has 3 rings (SSSR count). The highest BCUT2D eigenvalue weighted by Crippen LogP contribution is 2.35. The lowest BCUT2D eigenvalue weighted by Gasteiger charge is -2.03. The van der Waals surface area contributed by atoms with Gasteiger partial charge in [0.25, 0.3) is 5.91 Å². The Bertz CT molecular complexity index is 884. The first-order valence-corrected chi connectivity index (χ1v) is 8.64. The Kier molecular flexibility index (Phi) is 4.93. The average Bonchev–Trinajstić information content (AvgIpc) is 2.86. The fourth-order valence-corrected chi connectivity index (χ4v) is 3.62. The highest BCUT2D eigenvalue weighted by molar-refractivity contribution is 9.10. The fraction of sp³-hybridized carbons (Fsp3) is 0. The van der Waals surface area contributed by atoms with Crippen LogP contribution in [0, 0.1) is 5.82 Å². The molecule has 0 saturated carbocycles. The summed E-state index contributed by atoms with van der Waals surface area (Å²) >= 11 is 10.3. The number of benzene rings is 2. The molecule has 0 radical (unpaired) electrons. The Morgan fingerprint density at radius 1 is 1.29 bits per heavy atom. The Balaban J connectivity index is 1.89. The lowest BCUT2D eigenvalue weighted by atomic mass is 10.2. The molecule has 1 aliphatic heterocycles. The molecule has 1 saturated heterocycles. The van der Waals surface area contributed by atoms with Crippen LogP contribution >= 0.6 is 39.3 Å². The third kappa shape index (κ3) is 3.80. The van der Waals surface area contributed by atoms with Gasteiger partial charge >= 0.3 is 0 Å². The van der Waals surface area contributed by atoms with E-state index >= 15 is 0 Å². The van der Waals surface area contributed by atoms with E-state index in [2.05, 4.69) is 26.2 Å². The van der Waals surface area contributed by atoms with Crippen molar-refractivity contribution in [3.8, 4) is 5.75 Å². The summed E-state index contributed by atoms with van der Waals surface area (Å²) in [6.07, 6.45) is 1.53. The maximum Gasteiger partial charge on any atom is 0.264 e. The van der Waals surface area contributed by atoms with Crippen molar-refractivity contribution in [2.75, 3.05) is 0 Å². The molecule has 0 aliphatic carbocycles. The number of nitrogens with zero attached hydrogens (tertiary/aromatic N) is 1. The number of amides is 1. The zero-order valence-corrected chi connectivity index (χ0v) is 15.0. The van der Waals surface area contributed by atoms with Crippen molar-refractivity contribution >= 4 is 62.1 Å². The van der Waals surface area contributed by atoms with Crippen molar-refractivity contribution < 1.29 is 14.3 Å². The summed E-state index contributed by atoms with van der Waals surface area (Å²) in [4.78, 5) is 16.6. The van der Waals surface area contributed by atoms with E-state index in [0.717, 1.165) is 11.8 Å². The standard InChI is InChI=1S/C16H9BrClFN2O2S/c17-9-5-8(14(22)12(18)7-9)6-13-15(23)21-16(24-13)20-11-3-1-10(19)2-4-11/h1-7,22H,(H,20,21,23)/b13-6-.